The topological polar surface area (TPSA) is 58.4 Å². The molecule has 0 spiro atoms. The summed E-state index contributed by atoms with van der Waals surface area (Å²) in [4.78, 5) is 16.8. The molecule has 1 aromatic carbocycles. The summed E-state index contributed by atoms with van der Waals surface area (Å²) in [6.45, 7) is -1.16. The van der Waals surface area contributed by atoms with Crippen molar-refractivity contribution in [3.05, 3.63) is 24.3 Å². The number of para-hydroxylation sites is 2. The van der Waals surface area contributed by atoms with Crippen molar-refractivity contribution in [3.63, 3.8) is 0 Å². The van der Waals surface area contributed by atoms with Crippen LogP contribution in [-0.4, -0.2) is 41.1 Å². The molecule has 2 heterocycles. The van der Waals surface area contributed by atoms with Gasteiger partial charge in [-0.25, -0.2) is 0 Å². The molecule has 0 saturated carbocycles. The first-order chi connectivity index (χ1) is 9.92. The van der Waals surface area contributed by atoms with Gasteiger partial charge in [-0.1, -0.05) is 12.1 Å². The van der Waals surface area contributed by atoms with Gasteiger partial charge < -0.3 is 14.6 Å². The van der Waals surface area contributed by atoms with Crippen LogP contribution in [0.25, 0.3) is 11.1 Å². The zero-order valence-corrected chi connectivity index (χ0v) is 10.9. The Labute approximate surface area is 117 Å². The van der Waals surface area contributed by atoms with Crippen molar-refractivity contribution < 1.29 is 22.4 Å². The van der Waals surface area contributed by atoms with Gasteiger partial charge in [-0.15, -0.1) is 0 Å². The summed E-state index contributed by atoms with van der Waals surface area (Å²) >= 11 is 0. The normalized spacial score (nSPS) is 19.5. The first-order valence-electron chi connectivity index (χ1n) is 6.40. The lowest BCUT2D eigenvalue weighted by atomic mass is 10.2. The third-order valence-corrected chi connectivity index (χ3v) is 3.26. The largest absolute Gasteiger partial charge is 0.424 e. The molecule has 21 heavy (non-hydrogen) atoms. The van der Waals surface area contributed by atoms with Crippen molar-refractivity contribution >= 4 is 23.0 Å². The molecule has 8 heteroatoms. The Morgan fingerprint density at radius 3 is 2.86 bits per heavy atom. The second-order valence-electron chi connectivity index (χ2n) is 4.85. The molecular formula is C13H12F3N3O2. The fourth-order valence-corrected chi connectivity index (χ4v) is 2.33. The van der Waals surface area contributed by atoms with Gasteiger partial charge in [0.2, 0.25) is 5.91 Å². The molecule has 1 atom stereocenters. The summed E-state index contributed by atoms with van der Waals surface area (Å²) in [5.41, 5.74) is 1.18. The van der Waals surface area contributed by atoms with Crippen molar-refractivity contribution in [2.75, 3.05) is 18.4 Å². The number of likely N-dealkylation sites (tertiary alicyclic amines) is 1. The van der Waals surface area contributed by atoms with Crippen LogP contribution in [0.3, 0.4) is 0 Å². The first-order valence-corrected chi connectivity index (χ1v) is 6.40. The van der Waals surface area contributed by atoms with Gasteiger partial charge in [-0.3, -0.25) is 4.79 Å². The van der Waals surface area contributed by atoms with Crippen LogP contribution in [0.15, 0.2) is 28.7 Å². The van der Waals surface area contributed by atoms with E-state index in [0.29, 0.717) is 11.1 Å². The summed E-state index contributed by atoms with van der Waals surface area (Å²) in [5, 5.41) is 2.76. The van der Waals surface area contributed by atoms with Gasteiger partial charge >= 0.3 is 6.18 Å². The van der Waals surface area contributed by atoms with Gasteiger partial charge in [0.1, 0.15) is 18.1 Å². The molecule has 0 aliphatic carbocycles. The molecule has 1 aliphatic heterocycles. The molecule has 1 fully saturated rings. The molecule has 112 valence electrons. The van der Waals surface area contributed by atoms with E-state index in [2.05, 4.69) is 10.3 Å². The van der Waals surface area contributed by atoms with E-state index in [0.717, 1.165) is 4.90 Å². The lowest BCUT2D eigenvalue weighted by Gasteiger charge is -2.18. The number of hydrogen-bond acceptors (Lipinski definition) is 4. The minimum Gasteiger partial charge on any atom is -0.424 e. The van der Waals surface area contributed by atoms with E-state index in [1.54, 1.807) is 24.3 Å². The average Bonchev–Trinajstić information content (AvgIpc) is 2.95. The predicted octanol–water partition coefficient (Wildman–Crippen LogP) is 2.40. The van der Waals surface area contributed by atoms with E-state index in [9.17, 15) is 18.0 Å². The van der Waals surface area contributed by atoms with Gasteiger partial charge in [0.15, 0.2) is 5.58 Å². The Hall–Kier alpha value is -2.25. The van der Waals surface area contributed by atoms with Crippen LogP contribution in [0, 0.1) is 0 Å². The van der Waals surface area contributed by atoms with Crippen LogP contribution in [0.5, 0.6) is 0 Å². The lowest BCUT2D eigenvalue weighted by molar-refractivity contribution is -0.157. The average molecular weight is 299 g/mol. The maximum absolute atomic E-state index is 12.3. The number of alkyl halides is 3. The third-order valence-electron chi connectivity index (χ3n) is 3.26. The van der Waals surface area contributed by atoms with Crippen molar-refractivity contribution in [2.45, 2.75) is 18.6 Å². The molecular weight excluding hydrogens is 287 g/mol. The number of nitrogens with zero attached hydrogens (tertiary/aromatic N) is 2. The standard InChI is InChI=1S/C13H12F3N3O2/c14-13(15,16)7-19-6-5-9(11(19)20)18-12-17-8-3-1-2-4-10(8)21-12/h1-4,9H,5-7H2,(H,17,18). The van der Waals surface area contributed by atoms with Gasteiger partial charge in [-0.2, -0.15) is 18.2 Å². The van der Waals surface area contributed by atoms with Crippen molar-refractivity contribution in [1.29, 1.82) is 0 Å². The maximum atomic E-state index is 12.3. The van der Waals surface area contributed by atoms with Crippen LogP contribution in [0.2, 0.25) is 0 Å². The highest BCUT2D eigenvalue weighted by molar-refractivity contribution is 5.86. The van der Waals surface area contributed by atoms with Gasteiger partial charge in [0.25, 0.3) is 6.01 Å². The molecule has 1 aliphatic rings. The highest BCUT2D eigenvalue weighted by atomic mass is 19.4. The van der Waals surface area contributed by atoms with Crippen molar-refractivity contribution in [1.82, 2.24) is 9.88 Å². The van der Waals surface area contributed by atoms with Crippen LogP contribution in [0.1, 0.15) is 6.42 Å². The van der Waals surface area contributed by atoms with E-state index in [1.165, 1.54) is 0 Å². The number of halogens is 3. The molecule has 0 radical (unpaired) electrons. The summed E-state index contributed by atoms with van der Waals surface area (Å²) in [6, 6.07) is 6.45. The minimum atomic E-state index is -4.39. The number of anilines is 1. The summed E-state index contributed by atoms with van der Waals surface area (Å²) in [5.74, 6) is -0.588. The number of hydrogen-bond donors (Lipinski definition) is 1. The van der Waals surface area contributed by atoms with Gasteiger partial charge in [0, 0.05) is 6.54 Å². The molecule has 1 saturated heterocycles. The van der Waals surface area contributed by atoms with E-state index in [-0.39, 0.29) is 19.0 Å². The minimum absolute atomic E-state index is 0.0657. The third kappa shape index (κ3) is 2.93. The summed E-state index contributed by atoms with van der Waals surface area (Å²) in [6.07, 6.45) is -4.10. The number of benzene rings is 1. The van der Waals surface area contributed by atoms with Gasteiger partial charge in [-0.05, 0) is 18.6 Å². The SMILES string of the molecule is O=C1C(Nc2nc3ccccc3o2)CCN1CC(F)(F)F. The van der Waals surface area contributed by atoms with E-state index < -0.39 is 24.7 Å². The molecule has 2 aromatic rings. The van der Waals surface area contributed by atoms with Crippen LogP contribution >= 0.6 is 0 Å². The van der Waals surface area contributed by atoms with Crippen LogP contribution in [-0.2, 0) is 4.79 Å². The Morgan fingerprint density at radius 1 is 1.38 bits per heavy atom. The molecule has 0 bridgehead atoms. The first kappa shape index (κ1) is 13.7. The van der Waals surface area contributed by atoms with Crippen LogP contribution in [0.4, 0.5) is 19.2 Å². The van der Waals surface area contributed by atoms with Crippen molar-refractivity contribution in [3.8, 4) is 0 Å². The molecule has 3 rings (SSSR count). The smallest absolute Gasteiger partial charge is 0.406 e. The Bertz CT molecular complexity index is 635. The molecule has 1 amide bonds. The molecule has 5 nitrogen and oxygen atoms in total. The van der Waals surface area contributed by atoms with Gasteiger partial charge in [0.05, 0.1) is 0 Å². The zero-order chi connectivity index (χ0) is 15.0. The van der Waals surface area contributed by atoms with Crippen LogP contribution < -0.4 is 5.32 Å². The number of amides is 1. The maximum Gasteiger partial charge on any atom is 0.406 e. The quantitative estimate of drug-likeness (QED) is 0.945. The summed E-state index contributed by atoms with van der Waals surface area (Å²) in [7, 11) is 0. The zero-order valence-electron chi connectivity index (χ0n) is 10.9. The fourth-order valence-electron chi connectivity index (χ4n) is 2.33. The van der Waals surface area contributed by atoms with E-state index in [1.807, 2.05) is 0 Å². The number of aromatic nitrogens is 1. The summed E-state index contributed by atoms with van der Waals surface area (Å²) < 4.78 is 42.4. The monoisotopic (exact) mass is 299 g/mol. The second kappa shape index (κ2) is 4.94. The Kier molecular flexibility index (Phi) is 3.23. The van der Waals surface area contributed by atoms with E-state index >= 15 is 0 Å². The number of fused-ring (bicyclic) bond motifs is 1. The second-order valence-corrected chi connectivity index (χ2v) is 4.85. The fraction of sp³-hybridized carbons (Fsp3) is 0.385. The number of carbonyl (C=O) groups excluding carboxylic acids is 1. The van der Waals surface area contributed by atoms with Crippen molar-refractivity contribution in [2.24, 2.45) is 0 Å². The molecule has 1 aromatic heterocycles. The Balaban J connectivity index is 1.69. The highest BCUT2D eigenvalue weighted by Crippen LogP contribution is 2.24. The predicted molar refractivity (Wildman–Crippen MR) is 68.7 cm³/mol. The lowest BCUT2D eigenvalue weighted by Crippen LogP contribution is -2.39. The number of carbonyl (C=O) groups is 1. The number of rotatable bonds is 3. The number of oxazole rings is 1. The Morgan fingerprint density at radius 2 is 2.14 bits per heavy atom. The van der Waals surface area contributed by atoms with E-state index in [4.69, 9.17) is 4.42 Å². The highest BCUT2D eigenvalue weighted by Gasteiger charge is 2.39. The molecule has 1 unspecified atom stereocenters. The number of nitrogens with one attached hydrogen (secondary N) is 1. The molecule has 1 N–H and O–H groups in total.